The normalized spacial score (nSPS) is 18.1. The summed E-state index contributed by atoms with van der Waals surface area (Å²) >= 11 is 0. The minimum Gasteiger partial charge on any atom is -0.367 e. The van der Waals surface area contributed by atoms with Gasteiger partial charge in [0.25, 0.3) is 5.56 Å². The second-order valence-electron chi connectivity index (χ2n) is 10.3. The van der Waals surface area contributed by atoms with Crippen LogP contribution in [-0.4, -0.2) is 56.3 Å². The Morgan fingerprint density at radius 2 is 1.78 bits per heavy atom. The fourth-order valence-electron chi connectivity index (χ4n) is 5.96. The van der Waals surface area contributed by atoms with Gasteiger partial charge in [0.2, 0.25) is 0 Å². The third-order valence-electron chi connectivity index (χ3n) is 8.18. The number of piperazine rings is 1. The van der Waals surface area contributed by atoms with Crippen LogP contribution in [0.3, 0.4) is 0 Å². The van der Waals surface area contributed by atoms with Crippen molar-refractivity contribution in [2.24, 2.45) is 0 Å². The minimum absolute atomic E-state index is 0.122. The summed E-state index contributed by atoms with van der Waals surface area (Å²) in [6.07, 6.45) is 4.40. The highest BCUT2D eigenvalue weighted by atomic mass is 19.1. The van der Waals surface area contributed by atoms with Gasteiger partial charge in [0.15, 0.2) is 5.82 Å². The molecule has 1 aliphatic heterocycles. The van der Waals surface area contributed by atoms with Crippen molar-refractivity contribution in [2.75, 3.05) is 31.1 Å². The van der Waals surface area contributed by atoms with Crippen molar-refractivity contribution in [3.63, 3.8) is 0 Å². The molecule has 9 heteroatoms. The van der Waals surface area contributed by atoms with E-state index >= 15 is 0 Å². The monoisotopic (exact) mass is 501 g/mol. The molecule has 0 bridgehead atoms. The molecule has 0 amide bonds. The van der Waals surface area contributed by atoms with Crippen LogP contribution in [0.5, 0.6) is 0 Å². The summed E-state index contributed by atoms with van der Waals surface area (Å²) < 4.78 is 16.4. The zero-order valence-corrected chi connectivity index (χ0v) is 21.3. The first kappa shape index (κ1) is 23.8. The van der Waals surface area contributed by atoms with Crippen molar-refractivity contribution >= 4 is 16.6 Å². The number of hydrogen-bond donors (Lipinski definition) is 1. The predicted molar refractivity (Wildman–Crippen MR) is 141 cm³/mol. The van der Waals surface area contributed by atoms with Gasteiger partial charge in [-0.2, -0.15) is 0 Å². The minimum atomic E-state index is -0.395. The number of fused-ring (bicyclic) bond motifs is 1. The Bertz CT molecular complexity index is 1480. The standard InChI is InChI=1S/C28H32FN7O/c1-18-11-12-20-17-22(28(37)30-25(20)19(18)2)26(27-31-32-33-36(27)21-7-3-4-8-21)35-15-13-34(14-16-35)24-10-6-5-9-23(24)29/h5-6,9-12,17,21,26H,3-4,7-8,13-16H2,1-2H3,(H,30,37). The third kappa shape index (κ3) is 4.31. The number of halogens is 1. The van der Waals surface area contributed by atoms with Crippen molar-refractivity contribution < 1.29 is 4.39 Å². The number of aromatic amines is 1. The molecule has 3 heterocycles. The van der Waals surface area contributed by atoms with Gasteiger partial charge < -0.3 is 9.88 Å². The quantitative estimate of drug-likeness (QED) is 0.439. The number of nitrogens with zero attached hydrogens (tertiary/aromatic N) is 6. The Balaban J connectivity index is 1.41. The molecule has 1 saturated heterocycles. The zero-order chi connectivity index (χ0) is 25.5. The van der Waals surface area contributed by atoms with E-state index in [1.54, 1.807) is 6.07 Å². The number of aromatic nitrogens is 5. The Hall–Kier alpha value is -3.59. The van der Waals surface area contributed by atoms with E-state index in [9.17, 15) is 9.18 Å². The Morgan fingerprint density at radius 3 is 2.54 bits per heavy atom. The van der Waals surface area contributed by atoms with Crippen molar-refractivity contribution in [1.29, 1.82) is 0 Å². The largest absolute Gasteiger partial charge is 0.367 e. The predicted octanol–water partition coefficient (Wildman–Crippen LogP) is 4.30. The van der Waals surface area contributed by atoms with Crippen LogP contribution in [0.1, 0.15) is 60.3 Å². The summed E-state index contributed by atoms with van der Waals surface area (Å²) in [5, 5.41) is 13.9. The molecule has 37 heavy (non-hydrogen) atoms. The highest BCUT2D eigenvalue weighted by molar-refractivity contribution is 5.83. The van der Waals surface area contributed by atoms with Gasteiger partial charge in [-0.05, 0) is 71.8 Å². The molecule has 1 unspecified atom stereocenters. The first-order chi connectivity index (χ1) is 18.0. The SMILES string of the molecule is Cc1ccc2cc(C(c3nnnn3C3CCCC3)N3CCN(c4ccccc4F)CC3)c(=O)[nH]c2c1C. The number of anilines is 1. The van der Waals surface area contributed by atoms with Crippen LogP contribution >= 0.6 is 0 Å². The fraction of sp³-hybridized carbons (Fsp3) is 0.429. The molecule has 0 spiro atoms. The highest BCUT2D eigenvalue weighted by Crippen LogP contribution is 2.35. The van der Waals surface area contributed by atoms with E-state index in [0.717, 1.165) is 47.7 Å². The molecule has 8 nitrogen and oxygen atoms in total. The van der Waals surface area contributed by atoms with Crippen LogP contribution in [0.2, 0.25) is 0 Å². The maximum Gasteiger partial charge on any atom is 0.253 e. The first-order valence-corrected chi connectivity index (χ1v) is 13.2. The van der Waals surface area contributed by atoms with Gasteiger partial charge in [-0.15, -0.1) is 5.10 Å². The molecule has 2 aliphatic rings. The van der Waals surface area contributed by atoms with Crippen LogP contribution in [-0.2, 0) is 0 Å². The number of para-hydroxylation sites is 1. The lowest BCUT2D eigenvalue weighted by molar-refractivity contribution is 0.196. The number of rotatable bonds is 5. The van der Waals surface area contributed by atoms with Gasteiger partial charge in [0, 0.05) is 31.7 Å². The molecule has 2 aromatic heterocycles. The topological polar surface area (TPSA) is 82.9 Å². The van der Waals surface area contributed by atoms with Crippen molar-refractivity contribution in [3.8, 4) is 0 Å². The van der Waals surface area contributed by atoms with Gasteiger partial charge in [-0.3, -0.25) is 9.69 Å². The summed E-state index contributed by atoms with van der Waals surface area (Å²) in [6.45, 7) is 6.68. The van der Waals surface area contributed by atoms with E-state index in [0.29, 0.717) is 43.3 Å². The molecule has 4 aromatic rings. The maximum atomic E-state index is 14.5. The molecule has 6 rings (SSSR count). The smallest absolute Gasteiger partial charge is 0.253 e. The lowest BCUT2D eigenvalue weighted by Gasteiger charge is -2.39. The van der Waals surface area contributed by atoms with Crippen LogP contribution in [0, 0.1) is 19.7 Å². The van der Waals surface area contributed by atoms with Gasteiger partial charge in [-0.1, -0.05) is 37.1 Å². The molecule has 1 saturated carbocycles. The summed E-state index contributed by atoms with van der Waals surface area (Å²) in [7, 11) is 0. The van der Waals surface area contributed by atoms with Crippen LogP contribution in [0.25, 0.3) is 10.9 Å². The third-order valence-corrected chi connectivity index (χ3v) is 8.18. The summed E-state index contributed by atoms with van der Waals surface area (Å²) in [6, 6.07) is 12.9. The van der Waals surface area contributed by atoms with E-state index < -0.39 is 6.04 Å². The second-order valence-corrected chi connectivity index (χ2v) is 10.3. The van der Waals surface area contributed by atoms with Gasteiger partial charge in [-0.25, -0.2) is 9.07 Å². The number of tetrazole rings is 1. The average molecular weight is 502 g/mol. The number of nitrogens with one attached hydrogen (secondary N) is 1. The Labute approximate surface area is 215 Å². The molecule has 1 aliphatic carbocycles. The Kier molecular flexibility index (Phi) is 6.24. The van der Waals surface area contributed by atoms with E-state index in [-0.39, 0.29) is 17.4 Å². The molecular weight excluding hydrogens is 469 g/mol. The van der Waals surface area contributed by atoms with Crippen molar-refractivity contribution in [3.05, 3.63) is 81.2 Å². The van der Waals surface area contributed by atoms with E-state index in [1.807, 2.05) is 29.8 Å². The van der Waals surface area contributed by atoms with Crippen LogP contribution in [0.15, 0.2) is 47.3 Å². The summed E-state index contributed by atoms with van der Waals surface area (Å²) in [5.41, 5.74) is 4.22. The number of pyridine rings is 1. The average Bonchev–Trinajstić information content (AvgIpc) is 3.61. The van der Waals surface area contributed by atoms with E-state index in [2.05, 4.69) is 49.4 Å². The first-order valence-electron chi connectivity index (χ1n) is 13.2. The molecular formula is C28H32FN7O. The molecule has 1 N–H and O–H groups in total. The molecule has 0 radical (unpaired) electrons. The maximum absolute atomic E-state index is 14.5. The zero-order valence-electron chi connectivity index (χ0n) is 21.3. The number of benzene rings is 2. The van der Waals surface area contributed by atoms with Gasteiger partial charge in [0.1, 0.15) is 11.9 Å². The summed E-state index contributed by atoms with van der Waals surface area (Å²) in [4.78, 5) is 21.1. The number of H-pyrrole nitrogens is 1. The molecule has 1 atom stereocenters. The second kappa shape index (κ2) is 9.70. The Morgan fingerprint density at radius 1 is 1.03 bits per heavy atom. The highest BCUT2D eigenvalue weighted by Gasteiger charge is 2.35. The molecule has 192 valence electrons. The lowest BCUT2D eigenvalue weighted by atomic mass is 9.99. The lowest BCUT2D eigenvalue weighted by Crippen LogP contribution is -2.49. The van der Waals surface area contributed by atoms with Gasteiger partial charge >= 0.3 is 0 Å². The van der Waals surface area contributed by atoms with Crippen LogP contribution < -0.4 is 10.5 Å². The fourth-order valence-corrected chi connectivity index (χ4v) is 5.96. The van der Waals surface area contributed by atoms with E-state index in [4.69, 9.17) is 0 Å². The van der Waals surface area contributed by atoms with Crippen LogP contribution in [0.4, 0.5) is 10.1 Å². The number of hydrogen-bond acceptors (Lipinski definition) is 6. The van der Waals surface area contributed by atoms with Gasteiger partial charge in [0.05, 0.1) is 17.2 Å². The van der Waals surface area contributed by atoms with Crippen molar-refractivity contribution in [1.82, 2.24) is 30.1 Å². The van der Waals surface area contributed by atoms with Crippen molar-refractivity contribution in [2.45, 2.75) is 51.6 Å². The number of aryl methyl sites for hydroxylation is 2. The molecule has 2 aromatic carbocycles. The van der Waals surface area contributed by atoms with E-state index in [1.165, 1.54) is 6.07 Å². The molecule has 2 fully saturated rings. The summed E-state index contributed by atoms with van der Waals surface area (Å²) in [5.74, 6) is 0.495.